The number of ketones is 3. The Hall–Kier alpha value is -2.21. The first-order chi connectivity index (χ1) is 11.7. The van der Waals surface area contributed by atoms with Gasteiger partial charge in [-0.3, -0.25) is 14.4 Å². The number of phenolic OH excluding ortho intramolecular Hbond substituents is 2. The number of carbonyl (C=O) groups excluding carboxylic acids is 3. The third-order valence-corrected chi connectivity index (χ3v) is 5.33. The zero-order valence-electron chi connectivity index (χ0n) is 14.5. The molecule has 25 heavy (non-hydrogen) atoms. The fraction of sp³-hybridized carbons (Fsp3) is 0.526. The second kappa shape index (κ2) is 6.26. The SMILES string of the molecule is CC(C)[C@H](C)O[C@@H]1CC(=O)C[C@@H]2C(=O)c3c(O)ccc(O)c3C(=O)[C@H]21. The first-order valence-electron chi connectivity index (χ1n) is 8.52. The molecule has 2 N–H and O–H groups in total. The molecule has 1 saturated carbocycles. The van der Waals surface area contributed by atoms with Gasteiger partial charge in [-0.1, -0.05) is 13.8 Å². The molecule has 134 valence electrons. The van der Waals surface area contributed by atoms with Crippen molar-refractivity contribution in [2.24, 2.45) is 17.8 Å². The minimum Gasteiger partial charge on any atom is -0.507 e. The summed E-state index contributed by atoms with van der Waals surface area (Å²) in [4.78, 5) is 38.0. The lowest BCUT2D eigenvalue weighted by atomic mass is 9.65. The fourth-order valence-corrected chi connectivity index (χ4v) is 3.67. The topological polar surface area (TPSA) is 101 Å². The maximum atomic E-state index is 13.0. The second-order valence-corrected chi connectivity index (χ2v) is 7.29. The van der Waals surface area contributed by atoms with E-state index in [1.807, 2.05) is 20.8 Å². The van der Waals surface area contributed by atoms with Crippen LogP contribution in [-0.2, 0) is 9.53 Å². The van der Waals surface area contributed by atoms with Crippen LogP contribution in [0.2, 0.25) is 0 Å². The molecule has 0 unspecified atom stereocenters. The quantitative estimate of drug-likeness (QED) is 0.816. The number of hydrogen-bond acceptors (Lipinski definition) is 6. The summed E-state index contributed by atoms with van der Waals surface area (Å²) in [5.41, 5.74) is -0.344. The van der Waals surface area contributed by atoms with Crippen LogP contribution >= 0.6 is 0 Å². The van der Waals surface area contributed by atoms with Crippen molar-refractivity contribution in [1.29, 1.82) is 0 Å². The van der Waals surface area contributed by atoms with Crippen LogP contribution in [-0.4, -0.2) is 39.8 Å². The Balaban J connectivity index is 2.07. The number of benzene rings is 1. The zero-order valence-corrected chi connectivity index (χ0v) is 14.5. The van der Waals surface area contributed by atoms with Crippen molar-refractivity contribution in [1.82, 2.24) is 0 Å². The highest BCUT2D eigenvalue weighted by atomic mass is 16.5. The third kappa shape index (κ3) is 2.84. The van der Waals surface area contributed by atoms with Gasteiger partial charge in [-0.2, -0.15) is 0 Å². The van der Waals surface area contributed by atoms with Gasteiger partial charge in [-0.05, 0) is 25.0 Å². The van der Waals surface area contributed by atoms with Crippen LogP contribution in [0.1, 0.15) is 54.3 Å². The summed E-state index contributed by atoms with van der Waals surface area (Å²) in [6, 6.07) is 2.37. The molecular weight excluding hydrogens is 324 g/mol. The highest BCUT2D eigenvalue weighted by Gasteiger charge is 2.51. The summed E-state index contributed by atoms with van der Waals surface area (Å²) < 4.78 is 5.96. The molecule has 2 aliphatic carbocycles. The van der Waals surface area contributed by atoms with Crippen LogP contribution in [0.4, 0.5) is 0 Å². The highest BCUT2D eigenvalue weighted by Crippen LogP contribution is 2.45. The molecule has 0 aliphatic heterocycles. The van der Waals surface area contributed by atoms with Gasteiger partial charge in [0, 0.05) is 18.8 Å². The molecule has 2 aliphatic rings. The van der Waals surface area contributed by atoms with Crippen LogP contribution < -0.4 is 0 Å². The third-order valence-electron chi connectivity index (χ3n) is 5.33. The molecule has 1 aromatic carbocycles. The summed E-state index contributed by atoms with van der Waals surface area (Å²) in [7, 11) is 0. The van der Waals surface area contributed by atoms with Crippen molar-refractivity contribution in [3.63, 3.8) is 0 Å². The summed E-state index contributed by atoms with van der Waals surface area (Å²) >= 11 is 0. The Bertz CT molecular complexity index is 751. The van der Waals surface area contributed by atoms with Crippen molar-refractivity contribution in [2.75, 3.05) is 0 Å². The molecule has 1 fully saturated rings. The molecule has 0 heterocycles. The van der Waals surface area contributed by atoms with E-state index >= 15 is 0 Å². The molecular formula is C19H22O6. The summed E-state index contributed by atoms with van der Waals surface area (Å²) in [6.45, 7) is 5.81. The highest BCUT2D eigenvalue weighted by molar-refractivity contribution is 6.20. The Labute approximate surface area is 145 Å². The normalized spacial score (nSPS) is 27.2. The molecule has 0 amide bonds. The van der Waals surface area contributed by atoms with Crippen LogP contribution in [0.25, 0.3) is 0 Å². The Morgan fingerprint density at radius 1 is 0.960 bits per heavy atom. The molecule has 0 radical (unpaired) electrons. The molecule has 0 aromatic heterocycles. The van der Waals surface area contributed by atoms with Gasteiger partial charge in [0.2, 0.25) is 0 Å². The van der Waals surface area contributed by atoms with Gasteiger partial charge in [0.15, 0.2) is 11.6 Å². The van der Waals surface area contributed by atoms with E-state index < -0.39 is 29.5 Å². The lowest BCUT2D eigenvalue weighted by Crippen LogP contribution is -2.50. The van der Waals surface area contributed by atoms with Crippen molar-refractivity contribution in [3.8, 4) is 11.5 Å². The summed E-state index contributed by atoms with van der Waals surface area (Å²) in [6.07, 6.45) is -0.847. The van der Waals surface area contributed by atoms with E-state index in [1.54, 1.807) is 0 Å². The van der Waals surface area contributed by atoms with Gasteiger partial charge < -0.3 is 14.9 Å². The molecule has 0 saturated heterocycles. The molecule has 1 aromatic rings. The minimum absolute atomic E-state index is 0.0420. The van der Waals surface area contributed by atoms with Crippen LogP contribution in [0.5, 0.6) is 11.5 Å². The van der Waals surface area contributed by atoms with Gasteiger partial charge in [-0.25, -0.2) is 0 Å². The largest absolute Gasteiger partial charge is 0.507 e. The van der Waals surface area contributed by atoms with E-state index in [-0.39, 0.29) is 53.3 Å². The molecule has 6 heteroatoms. The van der Waals surface area contributed by atoms with Crippen LogP contribution in [0.3, 0.4) is 0 Å². The molecule has 0 spiro atoms. The monoisotopic (exact) mass is 346 g/mol. The number of rotatable bonds is 3. The number of carbonyl (C=O) groups is 3. The number of phenols is 2. The fourth-order valence-electron chi connectivity index (χ4n) is 3.67. The Kier molecular flexibility index (Phi) is 4.41. The van der Waals surface area contributed by atoms with Gasteiger partial charge in [-0.15, -0.1) is 0 Å². The Morgan fingerprint density at radius 3 is 2.08 bits per heavy atom. The summed E-state index contributed by atoms with van der Waals surface area (Å²) in [5.74, 6) is -3.22. The van der Waals surface area contributed by atoms with Gasteiger partial charge >= 0.3 is 0 Å². The van der Waals surface area contributed by atoms with Crippen molar-refractivity contribution >= 4 is 17.3 Å². The van der Waals surface area contributed by atoms with Crippen molar-refractivity contribution in [3.05, 3.63) is 23.3 Å². The second-order valence-electron chi connectivity index (χ2n) is 7.29. The first kappa shape index (κ1) is 17.6. The van der Waals surface area contributed by atoms with Crippen molar-refractivity contribution < 1.29 is 29.3 Å². The van der Waals surface area contributed by atoms with Gasteiger partial charge in [0.05, 0.1) is 29.3 Å². The van der Waals surface area contributed by atoms with E-state index in [2.05, 4.69) is 0 Å². The average Bonchev–Trinajstić information content (AvgIpc) is 2.54. The van der Waals surface area contributed by atoms with E-state index in [4.69, 9.17) is 4.74 Å². The van der Waals surface area contributed by atoms with E-state index in [9.17, 15) is 24.6 Å². The van der Waals surface area contributed by atoms with E-state index in [0.29, 0.717) is 0 Å². The maximum Gasteiger partial charge on any atom is 0.173 e. The average molecular weight is 346 g/mol. The van der Waals surface area contributed by atoms with Crippen LogP contribution in [0, 0.1) is 17.8 Å². The zero-order chi connectivity index (χ0) is 18.5. The molecule has 6 nitrogen and oxygen atoms in total. The van der Waals surface area contributed by atoms with E-state index in [1.165, 1.54) is 12.1 Å². The minimum atomic E-state index is -0.849. The van der Waals surface area contributed by atoms with Gasteiger partial charge in [0.1, 0.15) is 17.3 Å². The van der Waals surface area contributed by atoms with Crippen molar-refractivity contribution in [2.45, 2.75) is 45.8 Å². The van der Waals surface area contributed by atoms with E-state index in [0.717, 1.165) is 0 Å². The lowest BCUT2D eigenvalue weighted by Gasteiger charge is -2.40. The summed E-state index contributed by atoms with van der Waals surface area (Å²) in [5, 5.41) is 20.1. The lowest BCUT2D eigenvalue weighted by molar-refractivity contribution is -0.132. The molecule has 0 bridgehead atoms. The number of aromatic hydroxyl groups is 2. The smallest absolute Gasteiger partial charge is 0.173 e. The number of fused-ring (bicyclic) bond motifs is 2. The standard InChI is InChI=1S/C19H22O6/c1-8(2)9(3)25-14-7-10(20)6-11-15(14)19(24)17-13(22)5-4-12(21)16(17)18(11)23/h4-5,8-9,11,14-15,21-22H,6-7H2,1-3H3/t9-,11-,14+,15+/m0/s1. The number of Topliss-reactive ketones (excluding diaryl/α,β-unsaturated/α-hetero) is 3. The van der Waals surface area contributed by atoms with Gasteiger partial charge in [0.25, 0.3) is 0 Å². The molecule has 4 atom stereocenters. The number of ether oxygens (including phenoxy) is 1. The predicted molar refractivity (Wildman–Crippen MR) is 88.8 cm³/mol. The predicted octanol–water partition coefficient (Wildman–Crippen LogP) is 2.50. The molecule has 3 rings (SSSR count). The Morgan fingerprint density at radius 2 is 1.52 bits per heavy atom. The first-order valence-corrected chi connectivity index (χ1v) is 8.52. The maximum absolute atomic E-state index is 13.0. The van der Waals surface area contributed by atoms with Crippen LogP contribution in [0.15, 0.2) is 12.1 Å². The number of hydrogen-bond donors (Lipinski definition) is 2.